The van der Waals surface area contributed by atoms with E-state index >= 15 is 0 Å². The minimum Gasteiger partial charge on any atom is -0.542 e. The number of hydrogen-bond donors (Lipinski definition) is 0. The van der Waals surface area contributed by atoms with Gasteiger partial charge in [0.25, 0.3) is 0 Å². The quantitative estimate of drug-likeness (QED) is 0.294. The third kappa shape index (κ3) is 9.40. The average molecular weight is 342 g/mol. The van der Waals surface area contributed by atoms with Crippen molar-refractivity contribution in [1.29, 1.82) is 0 Å². The van der Waals surface area contributed by atoms with Crippen LogP contribution in [0.25, 0.3) is 0 Å². The summed E-state index contributed by atoms with van der Waals surface area (Å²) in [6, 6.07) is 0. The molecule has 0 saturated carbocycles. The Labute approximate surface area is 134 Å². The fourth-order valence-electron chi connectivity index (χ4n) is 2.14. The van der Waals surface area contributed by atoms with Crippen LogP contribution in [0.3, 0.4) is 0 Å². The van der Waals surface area contributed by atoms with Gasteiger partial charge in [0.1, 0.15) is 19.1 Å². The molecule has 0 aromatic heterocycles. The summed E-state index contributed by atoms with van der Waals surface area (Å²) in [5.74, 6) is -3.01. The lowest BCUT2D eigenvalue weighted by molar-refractivity contribution is -0.523. The van der Waals surface area contributed by atoms with Crippen LogP contribution in [0, 0.1) is 0 Å². The Balaban J connectivity index is 0.000000585. The van der Waals surface area contributed by atoms with Crippen LogP contribution in [0.2, 0.25) is 0 Å². The van der Waals surface area contributed by atoms with Gasteiger partial charge in [0, 0.05) is 0 Å². The SMILES string of the molecule is CCCCCN1CC[N+](CCCCC)=C1F.O=C([O-])C(F)(F)F. The van der Waals surface area contributed by atoms with Crippen molar-refractivity contribution in [3.05, 3.63) is 0 Å². The number of alkyl halides is 3. The van der Waals surface area contributed by atoms with Gasteiger partial charge in [-0.25, -0.2) is 9.48 Å². The van der Waals surface area contributed by atoms with Crippen LogP contribution in [-0.4, -0.2) is 53.9 Å². The Morgan fingerprint density at radius 2 is 1.70 bits per heavy atom. The zero-order valence-corrected chi connectivity index (χ0v) is 13.8. The topological polar surface area (TPSA) is 46.4 Å². The van der Waals surface area contributed by atoms with Gasteiger partial charge in [0.2, 0.25) is 0 Å². The average Bonchev–Trinajstić information content (AvgIpc) is 2.81. The maximum Gasteiger partial charge on any atom is 0.436 e. The van der Waals surface area contributed by atoms with Crippen molar-refractivity contribution in [1.82, 2.24) is 4.90 Å². The molecule has 0 fully saturated rings. The summed E-state index contributed by atoms with van der Waals surface area (Å²) in [7, 11) is 0. The van der Waals surface area contributed by atoms with Crippen molar-refractivity contribution in [3.8, 4) is 0 Å². The molecule has 0 radical (unpaired) electrons. The van der Waals surface area contributed by atoms with Crippen molar-refractivity contribution in [3.63, 3.8) is 0 Å². The second kappa shape index (κ2) is 11.2. The predicted molar refractivity (Wildman–Crippen MR) is 77.8 cm³/mol. The van der Waals surface area contributed by atoms with Crippen LogP contribution < -0.4 is 5.11 Å². The van der Waals surface area contributed by atoms with Crippen molar-refractivity contribution >= 4 is 12.1 Å². The van der Waals surface area contributed by atoms with Crippen LogP contribution in [0.5, 0.6) is 0 Å². The highest BCUT2D eigenvalue weighted by atomic mass is 19.4. The van der Waals surface area contributed by atoms with Gasteiger partial charge in [-0.3, -0.25) is 0 Å². The van der Waals surface area contributed by atoms with Crippen molar-refractivity contribution in [2.24, 2.45) is 0 Å². The number of aliphatic carboxylic acids is 1. The van der Waals surface area contributed by atoms with E-state index in [4.69, 9.17) is 9.90 Å². The lowest BCUT2D eigenvalue weighted by Crippen LogP contribution is -2.37. The predicted octanol–water partition coefficient (Wildman–Crippen LogP) is 2.32. The molecule has 0 amide bonds. The molecule has 0 atom stereocenters. The molecule has 8 heteroatoms. The maximum absolute atomic E-state index is 13.9. The summed E-state index contributed by atoms with van der Waals surface area (Å²) in [5, 5.41) is 8.78. The van der Waals surface area contributed by atoms with E-state index in [1.807, 2.05) is 9.48 Å². The van der Waals surface area contributed by atoms with Crippen molar-refractivity contribution in [2.75, 3.05) is 26.2 Å². The minimum atomic E-state index is -5.19. The first kappa shape index (κ1) is 21.7. The standard InChI is InChI=1S/C13H26FN2.C2HF3O2/c1-3-5-7-9-15-11-12-16(13(15)14)10-8-6-4-2;3-2(4,5)1(6)7/h3-12H2,1-2H3;(H,6,7)/q+1;/p-1. The van der Waals surface area contributed by atoms with Gasteiger partial charge in [-0.2, -0.15) is 13.2 Å². The fraction of sp³-hybridized carbons (Fsp3) is 0.867. The fourth-order valence-corrected chi connectivity index (χ4v) is 2.14. The molecule has 0 saturated heterocycles. The maximum atomic E-state index is 13.9. The van der Waals surface area contributed by atoms with E-state index in [0.717, 1.165) is 39.0 Å². The van der Waals surface area contributed by atoms with Crippen LogP contribution in [-0.2, 0) is 4.79 Å². The Hall–Kier alpha value is -1.34. The van der Waals surface area contributed by atoms with Gasteiger partial charge < -0.3 is 9.90 Å². The summed E-state index contributed by atoms with van der Waals surface area (Å²) in [6.07, 6.45) is 1.89. The molecular weight excluding hydrogens is 316 g/mol. The molecular formula is C15H26F4N2O2. The molecule has 4 nitrogen and oxygen atoms in total. The molecule has 1 aliphatic heterocycles. The molecule has 23 heavy (non-hydrogen) atoms. The van der Waals surface area contributed by atoms with E-state index in [2.05, 4.69) is 13.8 Å². The van der Waals surface area contributed by atoms with E-state index in [1.165, 1.54) is 25.7 Å². The van der Waals surface area contributed by atoms with Crippen molar-refractivity contribution in [2.45, 2.75) is 58.5 Å². The lowest BCUT2D eigenvalue weighted by atomic mass is 10.2. The van der Waals surface area contributed by atoms with Gasteiger partial charge in [0.15, 0.2) is 0 Å². The van der Waals surface area contributed by atoms with Crippen LogP contribution in [0.15, 0.2) is 0 Å². The molecule has 0 aliphatic carbocycles. The first-order valence-corrected chi connectivity index (χ1v) is 8.04. The van der Waals surface area contributed by atoms with E-state index in [-0.39, 0.29) is 6.09 Å². The Morgan fingerprint density at radius 3 is 2.17 bits per heavy atom. The van der Waals surface area contributed by atoms with Gasteiger partial charge in [-0.1, -0.05) is 26.7 Å². The Bertz CT molecular complexity index is 384. The second-order valence-electron chi connectivity index (χ2n) is 5.44. The number of hydrogen-bond acceptors (Lipinski definition) is 3. The highest BCUT2D eigenvalue weighted by Crippen LogP contribution is 2.11. The monoisotopic (exact) mass is 342 g/mol. The number of nitrogens with zero attached hydrogens (tertiary/aromatic N) is 2. The number of carboxylic acid groups (broad SMARTS) is 1. The smallest absolute Gasteiger partial charge is 0.436 e. The van der Waals surface area contributed by atoms with Gasteiger partial charge in [0.05, 0.1) is 13.1 Å². The zero-order valence-electron chi connectivity index (χ0n) is 13.8. The van der Waals surface area contributed by atoms with Gasteiger partial charge in [-0.05, 0) is 25.7 Å². The number of carbonyl (C=O) groups is 1. The number of rotatable bonds is 8. The molecule has 0 unspecified atom stereocenters. The minimum absolute atomic E-state index is 0.0206. The van der Waals surface area contributed by atoms with E-state index in [0.29, 0.717) is 0 Å². The molecule has 0 bridgehead atoms. The largest absolute Gasteiger partial charge is 0.542 e. The Morgan fingerprint density at radius 1 is 1.17 bits per heavy atom. The van der Waals surface area contributed by atoms with Crippen LogP contribution in [0.4, 0.5) is 17.6 Å². The normalized spacial score (nSPS) is 14.8. The highest BCUT2D eigenvalue weighted by molar-refractivity contribution is 5.70. The molecule has 136 valence electrons. The zero-order chi connectivity index (χ0) is 17.9. The highest BCUT2D eigenvalue weighted by Gasteiger charge is 2.30. The summed E-state index contributed by atoms with van der Waals surface area (Å²) in [5.41, 5.74) is 0. The molecule has 1 heterocycles. The van der Waals surface area contributed by atoms with Crippen LogP contribution >= 0.6 is 0 Å². The molecule has 0 N–H and O–H groups in total. The number of carboxylic acids is 1. The third-order valence-electron chi connectivity index (χ3n) is 3.46. The first-order chi connectivity index (χ1) is 10.7. The third-order valence-corrected chi connectivity index (χ3v) is 3.46. The molecule has 0 spiro atoms. The second-order valence-corrected chi connectivity index (χ2v) is 5.44. The first-order valence-electron chi connectivity index (χ1n) is 8.04. The van der Waals surface area contributed by atoms with Gasteiger partial charge in [-0.15, -0.1) is 4.39 Å². The Kier molecular flexibility index (Phi) is 10.6. The summed E-state index contributed by atoms with van der Waals surface area (Å²) in [6.45, 7) is 7.90. The molecule has 0 aromatic rings. The van der Waals surface area contributed by atoms with E-state index in [1.54, 1.807) is 0 Å². The number of unbranched alkanes of at least 4 members (excludes halogenated alkanes) is 4. The van der Waals surface area contributed by atoms with Gasteiger partial charge >= 0.3 is 12.3 Å². The van der Waals surface area contributed by atoms with E-state index < -0.39 is 12.1 Å². The van der Waals surface area contributed by atoms with E-state index in [9.17, 15) is 17.6 Å². The van der Waals surface area contributed by atoms with Crippen molar-refractivity contribution < 1.29 is 32.0 Å². The molecule has 0 aromatic carbocycles. The number of carbonyl (C=O) groups excluding carboxylic acids is 1. The molecule has 1 rings (SSSR count). The van der Waals surface area contributed by atoms with Crippen LogP contribution in [0.1, 0.15) is 52.4 Å². The number of halogens is 4. The number of amidine groups is 1. The summed E-state index contributed by atoms with van der Waals surface area (Å²) in [4.78, 5) is 10.7. The molecule has 1 aliphatic rings. The summed E-state index contributed by atoms with van der Waals surface area (Å²) >= 11 is 0. The summed E-state index contributed by atoms with van der Waals surface area (Å²) < 4.78 is 47.3. The lowest BCUT2D eigenvalue weighted by Gasteiger charge is -2.06.